The minimum Gasteiger partial charge on any atom is -0.348 e. The van der Waals surface area contributed by atoms with Crippen LogP contribution in [0.5, 0.6) is 0 Å². The number of aryl methyl sites for hydroxylation is 1. The van der Waals surface area contributed by atoms with E-state index in [0.717, 1.165) is 0 Å². The maximum atomic E-state index is 12.0. The van der Waals surface area contributed by atoms with E-state index in [4.69, 9.17) is 11.6 Å². The summed E-state index contributed by atoms with van der Waals surface area (Å²) < 4.78 is 1.64. The molecule has 0 saturated heterocycles. The van der Waals surface area contributed by atoms with Crippen LogP contribution < -0.4 is 10.5 Å². The van der Waals surface area contributed by atoms with E-state index >= 15 is 0 Å². The summed E-state index contributed by atoms with van der Waals surface area (Å²) in [5.41, 5.74) is -0.0520. The second kappa shape index (κ2) is 5.89. The third-order valence-corrected chi connectivity index (χ3v) is 2.63. The first-order valence-corrected chi connectivity index (χ1v) is 6.03. The van der Waals surface area contributed by atoms with Crippen LogP contribution in [0.3, 0.4) is 0 Å². The summed E-state index contributed by atoms with van der Waals surface area (Å²) in [6.07, 6.45) is 3.36. The lowest BCUT2D eigenvalue weighted by Crippen LogP contribution is -2.39. The topological polar surface area (TPSA) is 38.1 Å². The molecule has 0 aliphatic rings. The van der Waals surface area contributed by atoms with Gasteiger partial charge in [0.2, 0.25) is 0 Å². The lowest BCUT2D eigenvalue weighted by atomic mass is 10.3. The van der Waals surface area contributed by atoms with Crippen LogP contribution in [0.4, 0.5) is 5.82 Å². The van der Waals surface area contributed by atoms with E-state index in [0.29, 0.717) is 24.8 Å². The van der Waals surface area contributed by atoms with Gasteiger partial charge in [-0.15, -0.1) is 11.6 Å². The second-order valence-electron chi connectivity index (χ2n) is 3.82. The molecule has 1 rings (SSSR count). The van der Waals surface area contributed by atoms with Crippen LogP contribution in [-0.2, 0) is 6.54 Å². The van der Waals surface area contributed by atoms with E-state index in [-0.39, 0.29) is 11.6 Å². The van der Waals surface area contributed by atoms with E-state index in [1.54, 1.807) is 17.0 Å². The Morgan fingerprint density at radius 3 is 2.75 bits per heavy atom. The third kappa shape index (κ3) is 2.76. The lowest BCUT2D eigenvalue weighted by molar-refractivity contribution is 0.661. The Morgan fingerprint density at radius 1 is 1.56 bits per heavy atom. The fourth-order valence-electron chi connectivity index (χ4n) is 1.58. The Labute approximate surface area is 101 Å². The summed E-state index contributed by atoms with van der Waals surface area (Å²) in [5.74, 6) is 0.973. The lowest BCUT2D eigenvalue weighted by Gasteiger charge is -2.26. The van der Waals surface area contributed by atoms with Gasteiger partial charge in [-0.3, -0.25) is 4.79 Å². The smallest absolute Gasteiger partial charge is 0.293 e. The Bertz CT molecular complexity index is 389. The molecule has 16 heavy (non-hydrogen) atoms. The molecule has 4 nitrogen and oxygen atoms in total. The molecule has 90 valence electrons. The predicted octanol–water partition coefficient (Wildman–Crippen LogP) is 1.72. The van der Waals surface area contributed by atoms with Crippen LogP contribution in [0.2, 0.25) is 0 Å². The van der Waals surface area contributed by atoms with Gasteiger partial charge in [-0.2, -0.15) is 0 Å². The van der Waals surface area contributed by atoms with Crippen LogP contribution >= 0.6 is 11.6 Å². The minimum absolute atomic E-state index is 0.0520. The number of hydrogen-bond donors (Lipinski definition) is 0. The largest absolute Gasteiger partial charge is 0.348 e. The van der Waals surface area contributed by atoms with Gasteiger partial charge in [0.15, 0.2) is 5.82 Å². The Balaban J connectivity index is 3.14. The van der Waals surface area contributed by atoms with Crippen molar-refractivity contribution in [1.29, 1.82) is 0 Å². The maximum Gasteiger partial charge on any atom is 0.293 e. The molecule has 0 fully saturated rings. The van der Waals surface area contributed by atoms with Crippen LogP contribution in [0.1, 0.15) is 20.8 Å². The first-order valence-electron chi connectivity index (χ1n) is 5.49. The summed E-state index contributed by atoms with van der Waals surface area (Å²) >= 11 is 5.74. The number of rotatable bonds is 5. The van der Waals surface area contributed by atoms with Crippen molar-refractivity contribution in [1.82, 2.24) is 9.55 Å². The molecule has 1 aromatic rings. The number of aromatic nitrogens is 2. The molecule has 0 spiro atoms. The maximum absolute atomic E-state index is 12.0. The quantitative estimate of drug-likeness (QED) is 0.739. The van der Waals surface area contributed by atoms with Crippen molar-refractivity contribution in [2.45, 2.75) is 33.4 Å². The van der Waals surface area contributed by atoms with Gasteiger partial charge in [-0.25, -0.2) is 4.98 Å². The average Bonchev–Trinajstić information content (AvgIpc) is 2.26. The fourth-order valence-corrected chi connectivity index (χ4v) is 1.76. The normalized spacial score (nSPS) is 10.8. The summed E-state index contributed by atoms with van der Waals surface area (Å²) in [6, 6.07) is 0.214. The first kappa shape index (κ1) is 13.0. The first-order chi connectivity index (χ1) is 7.61. The molecule has 0 saturated carbocycles. The molecule has 0 N–H and O–H groups in total. The molecule has 1 heterocycles. The molecular formula is C11H18ClN3O. The van der Waals surface area contributed by atoms with E-state index in [2.05, 4.69) is 4.98 Å². The third-order valence-electron chi connectivity index (χ3n) is 2.46. The van der Waals surface area contributed by atoms with Gasteiger partial charge in [-0.05, 0) is 20.8 Å². The van der Waals surface area contributed by atoms with Crippen molar-refractivity contribution in [3.05, 3.63) is 22.7 Å². The molecule has 0 amide bonds. The van der Waals surface area contributed by atoms with E-state index in [1.165, 1.54) is 0 Å². The number of nitrogens with zero attached hydrogens (tertiary/aromatic N) is 3. The van der Waals surface area contributed by atoms with Gasteiger partial charge < -0.3 is 9.47 Å². The van der Waals surface area contributed by atoms with Crippen molar-refractivity contribution >= 4 is 17.4 Å². The van der Waals surface area contributed by atoms with E-state index in [9.17, 15) is 4.79 Å². The summed E-state index contributed by atoms with van der Waals surface area (Å²) in [4.78, 5) is 18.1. The van der Waals surface area contributed by atoms with Gasteiger partial charge >= 0.3 is 0 Å². The van der Waals surface area contributed by atoms with Crippen LogP contribution in [0, 0.1) is 0 Å². The zero-order chi connectivity index (χ0) is 12.1. The van der Waals surface area contributed by atoms with E-state index < -0.39 is 0 Å². The highest BCUT2D eigenvalue weighted by atomic mass is 35.5. The van der Waals surface area contributed by atoms with Gasteiger partial charge in [0.05, 0.1) is 0 Å². The van der Waals surface area contributed by atoms with Crippen LogP contribution in [0.25, 0.3) is 0 Å². The predicted molar refractivity (Wildman–Crippen MR) is 67.4 cm³/mol. The molecule has 0 unspecified atom stereocenters. The zero-order valence-corrected chi connectivity index (χ0v) is 10.7. The number of hydrogen-bond acceptors (Lipinski definition) is 3. The van der Waals surface area contributed by atoms with E-state index in [1.807, 2.05) is 25.7 Å². The Hall–Kier alpha value is -1.03. The van der Waals surface area contributed by atoms with Crippen molar-refractivity contribution in [2.75, 3.05) is 17.3 Å². The molecule has 0 bridgehead atoms. The molecule has 0 aliphatic carbocycles. The Kier molecular flexibility index (Phi) is 4.80. The van der Waals surface area contributed by atoms with Crippen molar-refractivity contribution < 1.29 is 0 Å². The molecule has 0 aliphatic heterocycles. The van der Waals surface area contributed by atoms with Gasteiger partial charge in [-0.1, -0.05) is 0 Å². The number of anilines is 1. The van der Waals surface area contributed by atoms with Crippen molar-refractivity contribution in [3.8, 4) is 0 Å². The highest BCUT2D eigenvalue weighted by Crippen LogP contribution is 2.08. The zero-order valence-electron chi connectivity index (χ0n) is 9.98. The standard InChI is InChI=1S/C11H18ClN3O/c1-4-14-8-6-13-10(11(14)16)15(7-5-12)9(2)3/h6,8-9H,4-5,7H2,1-3H3. The van der Waals surface area contributed by atoms with Gasteiger partial charge in [0.25, 0.3) is 5.56 Å². The number of halogens is 1. The second-order valence-corrected chi connectivity index (χ2v) is 4.20. The molecule has 1 aromatic heterocycles. The van der Waals surface area contributed by atoms with Crippen LogP contribution in [-0.4, -0.2) is 28.0 Å². The molecule has 5 heteroatoms. The average molecular weight is 244 g/mol. The Morgan fingerprint density at radius 2 is 2.25 bits per heavy atom. The summed E-state index contributed by atoms with van der Waals surface area (Å²) in [5, 5.41) is 0. The van der Waals surface area contributed by atoms with Crippen molar-refractivity contribution in [3.63, 3.8) is 0 Å². The van der Waals surface area contributed by atoms with Gasteiger partial charge in [0.1, 0.15) is 0 Å². The van der Waals surface area contributed by atoms with Crippen molar-refractivity contribution in [2.24, 2.45) is 0 Å². The molecule has 0 atom stereocenters. The highest BCUT2D eigenvalue weighted by Gasteiger charge is 2.15. The highest BCUT2D eigenvalue weighted by molar-refractivity contribution is 6.18. The number of alkyl halides is 1. The summed E-state index contributed by atoms with van der Waals surface area (Å²) in [7, 11) is 0. The molecular weight excluding hydrogens is 226 g/mol. The van der Waals surface area contributed by atoms with Gasteiger partial charge in [0, 0.05) is 37.4 Å². The molecule has 0 radical (unpaired) electrons. The summed E-state index contributed by atoms with van der Waals surface area (Å²) in [6.45, 7) is 7.27. The minimum atomic E-state index is -0.0520. The van der Waals surface area contributed by atoms with Crippen LogP contribution in [0.15, 0.2) is 17.2 Å². The molecule has 0 aromatic carbocycles. The fraction of sp³-hybridized carbons (Fsp3) is 0.636. The monoisotopic (exact) mass is 243 g/mol. The SMILES string of the molecule is CCn1ccnc(N(CCCl)C(C)C)c1=O.